The van der Waals surface area contributed by atoms with Crippen LogP contribution in [-0.2, 0) is 4.79 Å². The van der Waals surface area contributed by atoms with E-state index in [2.05, 4.69) is 11.0 Å². The summed E-state index contributed by atoms with van der Waals surface area (Å²) in [5, 5.41) is 38.8. The molecule has 0 aliphatic carbocycles. The van der Waals surface area contributed by atoms with Crippen molar-refractivity contribution in [2.45, 2.75) is 45.0 Å². The Bertz CT molecular complexity index is 1270. The second kappa shape index (κ2) is 11.7. The Labute approximate surface area is 229 Å². The van der Waals surface area contributed by atoms with Gasteiger partial charge in [0.05, 0.1) is 39.0 Å². The number of nitriles is 1. The van der Waals surface area contributed by atoms with Gasteiger partial charge in [-0.05, 0) is 49.2 Å². The van der Waals surface area contributed by atoms with Crippen LogP contribution < -0.4 is 14.4 Å². The number of hydrogen-bond donors (Lipinski definition) is 3. The van der Waals surface area contributed by atoms with Crippen LogP contribution in [0.25, 0.3) is 6.08 Å². The number of ether oxygens (including phenoxy) is 2. The number of methoxy groups -OCH3 is 1. The van der Waals surface area contributed by atoms with E-state index in [1.54, 1.807) is 14.0 Å². The van der Waals surface area contributed by atoms with Crippen LogP contribution in [0.5, 0.6) is 11.5 Å². The summed E-state index contributed by atoms with van der Waals surface area (Å²) in [6.45, 7) is 6.89. The second-order valence-electron chi connectivity index (χ2n) is 10.7. The first-order valence-corrected chi connectivity index (χ1v) is 13.1. The lowest BCUT2D eigenvalue weighted by atomic mass is 9.72. The van der Waals surface area contributed by atoms with Crippen LogP contribution in [-0.4, -0.2) is 84.3 Å². The molecule has 0 spiro atoms. The molecule has 2 aliphatic rings. The summed E-state index contributed by atoms with van der Waals surface area (Å²) >= 11 is 0. The summed E-state index contributed by atoms with van der Waals surface area (Å²) in [5.41, 5.74) is 3.38. The predicted molar refractivity (Wildman–Crippen MR) is 148 cm³/mol. The van der Waals surface area contributed by atoms with Crippen molar-refractivity contribution in [3.8, 4) is 17.6 Å². The molecule has 2 heterocycles. The minimum atomic E-state index is -1.48. The van der Waals surface area contributed by atoms with Crippen LogP contribution in [0.1, 0.15) is 36.5 Å². The van der Waals surface area contributed by atoms with Gasteiger partial charge < -0.3 is 34.6 Å². The normalized spacial score (nSPS) is 22.9. The molecule has 208 valence electrons. The van der Waals surface area contributed by atoms with Crippen molar-refractivity contribution < 1.29 is 29.6 Å². The van der Waals surface area contributed by atoms with Gasteiger partial charge in [-0.15, -0.1) is 0 Å². The number of carbonyl (C=O) groups is 1. The van der Waals surface area contributed by atoms with Gasteiger partial charge in [-0.3, -0.25) is 4.79 Å². The van der Waals surface area contributed by atoms with Gasteiger partial charge >= 0.3 is 0 Å². The van der Waals surface area contributed by atoms with Gasteiger partial charge in [-0.1, -0.05) is 25.1 Å². The molecule has 0 aromatic heterocycles. The number of aliphatic hydroxyl groups excluding tert-OH is 3. The van der Waals surface area contributed by atoms with Crippen LogP contribution in [0.15, 0.2) is 42.5 Å². The highest BCUT2D eigenvalue weighted by Gasteiger charge is 2.49. The molecule has 2 saturated heterocycles. The second-order valence-corrected chi connectivity index (χ2v) is 10.7. The Kier molecular flexibility index (Phi) is 8.50. The summed E-state index contributed by atoms with van der Waals surface area (Å²) < 4.78 is 12.0. The monoisotopic (exact) mass is 535 g/mol. The molecule has 39 heavy (non-hydrogen) atoms. The summed E-state index contributed by atoms with van der Waals surface area (Å²) in [4.78, 5) is 16.4. The van der Waals surface area contributed by atoms with Gasteiger partial charge in [-0.2, -0.15) is 5.26 Å². The van der Waals surface area contributed by atoms with Gasteiger partial charge in [0.25, 0.3) is 5.91 Å². The van der Waals surface area contributed by atoms with Gasteiger partial charge in [-0.25, -0.2) is 0 Å². The third kappa shape index (κ3) is 5.59. The lowest BCUT2D eigenvalue weighted by molar-refractivity contribution is -0.141. The molecule has 2 aliphatic heterocycles. The van der Waals surface area contributed by atoms with Crippen LogP contribution in [0.4, 0.5) is 5.69 Å². The fourth-order valence-corrected chi connectivity index (χ4v) is 5.55. The quantitative estimate of drug-likeness (QED) is 0.418. The minimum Gasteiger partial charge on any atom is -0.493 e. The molecule has 3 N–H and O–H groups in total. The molecule has 2 aromatic rings. The lowest BCUT2D eigenvalue weighted by Crippen LogP contribution is -2.54. The number of aryl methyl sites for hydroxylation is 1. The van der Waals surface area contributed by atoms with Gasteiger partial charge in [0.15, 0.2) is 17.6 Å². The first kappa shape index (κ1) is 28.4. The molecule has 0 bridgehead atoms. The highest BCUT2D eigenvalue weighted by Crippen LogP contribution is 2.47. The molecule has 4 rings (SSSR count). The lowest BCUT2D eigenvalue weighted by Gasteiger charge is -2.42. The zero-order valence-electron chi connectivity index (χ0n) is 22.9. The third-order valence-electron chi connectivity index (χ3n) is 8.15. The number of amides is 1. The van der Waals surface area contributed by atoms with Crippen LogP contribution in [0, 0.1) is 23.7 Å². The van der Waals surface area contributed by atoms with Gasteiger partial charge in [0, 0.05) is 41.7 Å². The fraction of sp³-hybridized carbons (Fsp3) is 0.467. The van der Waals surface area contributed by atoms with Crippen molar-refractivity contribution in [2.75, 3.05) is 44.8 Å². The number of allylic oxidation sites excluding steroid dienone is 1. The van der Waals surface area contributed by atoms with Crippen molar-refractivity contribution in [2.24, 2.45) is 5.41 Å². The van der Waals surface area contributed by atoms with E-state index in [-0.39, 0.29) is 18.6 Å². The first-order chi connectivity index (χ1) is 18.6. The van der Waals surface area contributed by atoms with Crippen LogP contribution in [0.2, 0.25) is 0 Å². The molecule has 2 aromatic carbocycles. The highest BCUT2D eigenvalue weighted by molar-refractivity contribution is 5.81. The number of carbonyl (C=O) groups excluding carboxylic acids is 1. The van der Waals surface area contributed by atoms with E-state index in [1.807, 2.05) is 56.3 Å². The molecule has 0 radical (unpaired) electrons. The smallest absolute Gasteiger partial charge is 0.253 e. The van der Waals surface area contributed by atoms with Gasteiger partial charge in [0.2, 0.25) is 0 Å². The molecular formula is C30H37N3O6. The maximum atomic E-state index is 12.6. The van der Waals surface area contributed by atoms with Crippen molar-refractivity contribution in [1.29, 1.82) is 5.26 Å². The van der Waals surface area contributed by atoms with Gasteiger partial charge in [0.1, 0.15) is 6.10 Å². The molecule has 1 amide bonds. The molecule has 4 atom stereocenters. The maximum absolute atomic E-state index is 12.6. The summed E-state index contributed by atoms with van der Waals surface area (Å²) in [5.74, 6) is 0.402. The Balaban J connectivity index is 1.54. The number of benzene rings is 2. The third-order valence-corrected chi connectivity index (χ3v) is 8.15. The Morgan fingerprint density at radius 3 is 2.62 bits per heavy atom. The number of hydrogen-bond acceptors (Lipinski definition) is 8. The largest absolute Gasteiger partial charge is 0.493 e. The molecular weight excluding hydrogens is 498 g/mol. The van der Waals surface area contributed by atoms with Crippen molar-refractivity contribution in [3.63, 3.8) is 0 Å². The molecule has 2 fully saturated rings. The molecule has 0 saturated carbocycles. The van der Waals surface area contributed by atoms with E-state index in [1.165, 1.54) is 11.0 Å². The van der Waals surface area contributed by atoms with E-state index in [9.17, 15) is 20.1 Å². The number of likely N-dealkylation sites (tertiary alicyclic amines) is 1. The highest BCUT2D eigenvalue weighted by atomic mass is 16.5. The molecule has 9 heteroatoms. The Hall–Kier alpha value is -3.58. The number of nitrogens with zero attached hydrogens (tertiary/aromatic N) is 3. The Morgan fingerprint density at radius 2 is 1.97 bits per heavy atom. The number of rotatable bonds is 9. The fourth-order valence-electron chi connectivity index (χ4n) is 5.55. The Morgan fingerprint density at radius 1 is 1.23 bits per heavy atom. The first-order valence-electron chi connectivity index (χ1n) is 13.1. The van der Waals surface area contributed by atoms with E-state index >= 15 is 0 Å². The number of anilines is 1. The average Bonchev–Trinajstić information content (AvgIpc) is 3.27. The summed E-state index contributed by atoms with van der Waals surface area (Å²) in [6, 6.07) is 13.8. The van der Waals surface area contributed by atoms with E-state index < -0.39 is 30.1 Å². The standard InChI is InChI=1S/C30H37N3O6/c1-19-7-5-9-25(23(19)8-6-12-31)32-14-22(15-32)39-28-13-21(10-11-27(28)38-4)24-16-33(29(37)26(36)17-34)18-30(24,3)20(2)35/h5-11,13,20,22,24,26,34-36H,14-18H2,1-4H3/t20-,24+,26?,30+/m1/s1. The SMILES string of the molecule is COc1ccc([C@@H]2CN(C(=O)C(O)CO)C[C@@]2(C)[C@@H](C)O)cc1OC1CN(c2cccc(C)c2C=CC#N)C1. The zero-order chi connectivity index (χ0) is 28.3. The maximum Gasteiger partial charge on any atom is 0.253 e. The van der Waals surface area contributed by atoms with Crippen molar-refractivity contribution in [1.82, 2.24) is 4.90 Å². The van der Waals surface area contributed by atoms with Crippen molar-refractivity contribution in [3.05, 3.63) is 59.2 Å². The topological polar surface area (TPSA) is 126 Å². The summed E-state index contributed by atoms with van der Waals surface area (Å²) in [7, 11) is 1.58. The van der Waals surface area contributed by atoms with E-state index in [0.29, 0.717) is 31.1 Å². The van der Waals surface area contributed by atoms with E-state index in [0.717, 1.165) is 22.4 Å². The van der Waals surface area contributed by atoms with Crippen LogP contribution >= 0.6 is 0 Å². The molecule has 9 nitrogen and oxygen atoms in total. The zero-order valence-corrected chi connectivity index (χ0v) is 22.9. The molecule has 1 unspecified atom stereocenters. The predicted octanol–water partition coefficient (Wildman–Crippen LogP) is 2.47. The average molecular weight is 536 g/mol. The summed E-state index contributed by atoms with van der Waals surface area (Å²) in [6.07, 6.45) is 1.03. The van der Waals surface area contributed by atoms with Crippen molar-refractivity contribution >= 4 is 17.7 Å². The van der Waals surface area contributed by atoms with Crippen LogP contribution in [0.3, 0.4) is 0 Å². The van der Waals surface area contributed by atoms with E-state index in [4.69, 9.17) is 14.7 Å². The minimum absolute atomic E-state index is 0.0769. The number of aliphatic hydroxyl groups is 3.